The Morgan fingerprint density at radius 2 is 2.29 bits per heavy atom. The normalized spacial score (nSPS) is 33.6. The summed E-state index contributed by atoms with van der Waals surface area (Å²) < 4.78 is 5.42. The minimum atomic E-state index is 0.142. The maximum absolute atomic E-state index is 5.42. The average Bonchev–Trinajstić information content (AvgIpc) is 2.43. The average molecular weight is 196 g/mol. The van der Waals surface area contributed by atoms with Gasteiger partial charge in [-0.15, -0.1) is 0 Å². The van der Waals surface area contributed by atoms with E-state index in [1.807, 2.05) is 0 Å². The van der Waals surface area contributed by atoms with Gasteiger partial charge in [0, 0.05) is 19.6 Å². The van der Waals surface area contributed by atoms with Crippen molar-refractivity contribution in [3.05, 3.63) is 0 Å². The van der Waals surface area contributed by atoms with Gasteiger partial charge in [-0.1, -0.05) is 6.42 Å². The molecule has 2 aliphatic heterocycles. The van der Waals surface area contributed by atoms with Crippen LogP contribution in [0, 0.1) is 0 Å². The van der Waals surface area contributed by atoms with Crippen LogP contribution in [0.3, 0.4) is 0 Å². The molecule has 0 bridgehead atoms. The van der Waals surface area contributed by atoms with Crippen molar-refractivity contribution >= 4 is 5.84 Å². The molecule has 3 heteroatoms. The van der Waals surface area contributed by atoms with Gasteiger partial charge in [0.05, 0.1) is 18.0 Å². The molecule has 1 atom stereocenters. The summed E-state index contributed by atoms with van der Waals surface area (Å²) in [5.41, 5.74) is 0.142. The van der Waals surface area contributed by atoms with Crippen molar-refractivity contribution in [3.63, 3.8) is 0 Å². The Balaban J connectivity index is 1.91. The number of nitrogens with one attached hydrogen (secondary N) is 1. The summed E-state index contributed by atoms with van der Waals surface area (Å²) in [4.78, 5) is 4.58. The molecule has 1 fully saturated rings. The van der Waals surface area contributed by atoms with E-state index in [1.165, 1.54) is 25.1 Å². The quantitative estimate of drug-likeness (QED) is 0.693. The first-order valence-corrected chi connectivity index (χ1v) is 5.68. The van der Waals surface area contributed by atoms with Crippen LogP contribution in [-0.2, 0) is 4.74 Å². The van der Waals surface area contributed by atoms with Gasteiger partial charge in [-0.2, -0.15) is 0 Å². The predicted molar refractivity (Wildman–Crippen MR) is 57.7 cm³/mol. The lowest BCUT2D eigenvalue weighted by Crippen LogP contribution is -2.46. The minimum absolute atomic E-state index is 0.142. The lowest BCUT2D eigenvalue weighted by molar-refractivity contribution is 0.177. The minimum Gasteiger partial charge on any atom is -0.379 e. The molecule has 2 aliphatic rings. The van der Waals surface area contributed by atoms with Gasteiger partial charge in [-0.05, 0) is 26.2 Å². The summed E-state index contributed by atoms with van der Waals surface area (Å²) in [5, 5.41) is 3.56. The van der Waals surface area contributed by atoms with Crippen LogP contribution in [-0.4, -0.2) is 31.1 Å². The Hall–Kier alpha value is -0.570. The van der Waals surface area contributed by atoms with Crippen molar-refractivity contribution in [1.82, 2.24) is 5.32 Å². The molecule has 2 heterocycles. The first kappa shape index (κ1) is 9.97. The smallest absolute Gasteiger partial charge is 0.0968 e. The summed E-state index contributed by atoms with van der Waals surface area (Å²) in [6.45, 7) is 4.94. The fourth-order valence-corrected chi connectivity index (χ4v) is 2.09. The summed E-state index contributed by atoms with van der Waals surface area (Å²) in [6, 6.07) is 0. The third-order valence-corrected chi connectivity index (χ3v) is 3.04. The molecule has 2 rings (SSSR count). The van der Waals surface area contributed by atoms with Crippen LogP contribution in [0.4, 0.5) is 0 Å². The number of ether oxygens (including phenoxy) is 1. The lowest BCUT2D eigenvalue weighted by atomic mass is 10.0. The SMILES string of the molecule is CC1(NC2=NCCCCC2)CCOC1. The van der Waals surface area contributed by atoms with Crippen molar-refractivity contribution in [2.24, 2.45) is 4.99 Å². The molecular formula is C11H20N2O. The molecular weight excluding hydrogens is 176 g/mol. The van der Waals surface area contributed by atoms with E-state index in [4.69, 9.17) is 4.74 Å². The third kappa shape index (κ3) is 2.47. The van der Waals surface area contributed by atoms with E-state index in [-0.39, 0.29) is 5.54 Å². The lowest BCUT2D eigenvalue weighted by Gasteiger charge is -2.25. The largest absolute Gasteiger partial charge is 0.379 e. The van der Waals surface area contributed by atoms with E-state index < -0.39 is 0 Å². The molecule has 14 heavy (non-hydrogen) atoms. The van der Waals surface area contributed by atoms with E-state index in [2.05, 4.69) is 17.2 Å². The standard InChI is InChI=1S/C11H20N2O/c1-11(6-8-14-9-11)13-10-5-3-2-4-7-12-10/h2-9H2,1H3,(H,12,13). The van der Waals surface area contributed by atoms with Crippen molar-refractivity contribution in [3.8, 4) is 0 Å². The monoisotopic (exact) mass is 196 g/mol. The van der Waals surface area contributed by atoms with Crippen molar-refractivity contribution < 1.29 is 4.74 Å². The second-order valence-corrected chi connectivity index (χ2v) is 4.63. The Morgan fingerprint density at radius 1 is 1.36 bits per heavy atom. The van der Waals surface area contributed by atoms with Crippen molar-refractivity contribution in [1.29, 1.82) is 0 Å². The highest BCUT2D eigenvalue weighted by molar-refractivity contribution is 5.83. The van der Waals surface area contributed by atoms with Crippen LogP contribution in [0.15, 0.2) is 4.99 Å². The first-order valence-electron chi connectivity index (χ1n) is 5.68. The van der Waals surface area contributed by atoms with Gasteiger partial charge >= 0.3 is 0 Å². The Labute approximate surface area is 85.9 Å². The second-order valence-electron chi connectivity index (χ2n) is 4.63. The van der Waals surface area contributed by atoms with Crippen molar-refractivity contribution in [2.45, 2.75) is 44.6 Å². The van der Waals surface area contributed by atoms with E-state index >= 15 is 0 Å². The molecule has 3 nitrogen and oxygen atoms in total. The van der Waals surface area contributed by atoms with E-state index in [9.17, 15) is 0 Å². The molecule has 80 valence electrons. The molecule has 0 amide bonds. The number of hydrogen-bond acceptors (Lipinski definition) is 3. The van der Waals surface area contributed by atoms with E-state index in [1.54, 1.807) is 0 Å². The number of hydrogen-bond donors (Lipinski definition) is 1. The van der Waals surface area contributed by atoms with Crippen LogP contribution >= 0.6 is 0 Å². The molecule has 0 saturated carbocycles. The van der Waals surface area contributed by atoms with Gasteiger partial charge in [0.15, 0.2) is 0 Å². The Morgan fingerprint density at radius 3 is 3.07 bits per heavy atom. The molecule has 0 aromatic carbocycles. The summed E-state index contributed by atoms with van der Waals surface area (Å²) in [6.07, 6.45) is 6.07. The number of amidine groups is 1. The van der Waals surface area contributed by atoms with Gasteiger partial charge in [0.1, 0.15) is 0 Å². The molecule has 0 radical (unpaired) electrons. The summed E-state index contributed by atoms with van der Waals surface area (Å²) in [5.74, 6) is 1.20. The Bertz CT molecular complexity index is 219. The van der Waals surface area contributed by atoms with Gasteiger partial charge in [-0.25, -0.2) is 0 Å². The molecule has 1 unspecified atom stereocenters. The third-order valence-electron chi connectivity index (χ3n) is 3.04. The Kier molecular flexibility index (Phi) is 3.06. The summed E-state index contributed by atoms with van der Waals surface area (Å²) >= 11 is 0. The van der Waals surface area contributed by atoms with Crippen LogP contribution in [0.25, 0.3) is 0 Å². The van der Waals surface area contributed by atoms with Gasteiger partial charge < -0.3 is 10.1 Å². The maximum atomic E-state index is 5.42. The highest BCUT2D eigenvalue weighted by Gasteiger charge is 2.30. The fourth-order valence-electron chi connectivity index (χ4n) is 2.09. The van der Waals surface area contributed by atoms with E-state index in [0.717, 1.165) is 32.6 Å². The molecule has 1 N–H and O–H groups in total. The summed E-state index contributed by atoms with van der Waals surface area (Å²) in [7, 11) is 0. The molecule has 0 aromatic rings. The zero-order valence-corrected chi connectivity index (χ0v) is 9.01. The first-order chi connectivity index (χ1) is 6.79. The zero-order valence-electron chi connectivity index (χ0n) is 9.01. The topological polar surface area (TPSA) is 33.6 Å². The van der Waals surface area contributed by atoms with Crippen molar-refractivity contribution in [2.75, 3.05) is 19.8 Å². The van der Waals surface area contributed by atoms with Crippen LogP contribution in [0.2, 0.25) is 0 Å². The maximum Gasteiger partial charge on any atom is 0.0968 e. The molecule has 0 spiro atoms. The zero-order chi connectivity index (χ0) is 9.86. The second kappa shape index (κ2) is 4.30. The molecule has 0 aliphatic carbocycles. The molecule has 0 aromatic heterocycles. The highest BCUT2D eigenvalue weighted by atomic mass is 16.5. The predicted octanol–water partition coefficient (Wildman–Crippen LogP) is 1.73. The number of nitrogens with zero attached hydrogens (tertiary/aromatic N) is 1. The number of aliphatic imine (C=N–C) groups is 1. The number of rotatable bonds is 1. The molecule has 1 saturated heterocycles. The highest BCUT2D eigenvalue weighted by Crippen LogP contribution is 2.18. The van der Waals surface area contributed by atoms with Crippen LogP contribution < -0.4 is 5.32 Å². The van der Waals surface area contributed by atoms with Crippen LogP contribution in [0.1, 0.15) is 39.0 Å². The van der Waals surface area contributed by atoms with Crippen LogP contribution in [0.5, 0.6) is 0 Å². The van der Waals surface area contributed by atoms with Gasteiger partial charge in [0.25, 0.3) is 0 Å². The van der Waals surface area contributed by atoms with Gasteiger partial charge in [0.2, 0.25) is 0 Å². The van der Waals surface area contributed by atoms with E-state index in [0.29, 0.717) is 0 Å². The van der Waals surface area contributed by atoms with Gasteiger partial charge in [-0.3, -0.25) is 4.99 Å². The fraction of sp³-hybridized carbons (Fsp3) is 0.909.